The van der Waals surface area contributed by atoms with Gasteiger partial charge in [-0.3, -0.25) is 9.59 Å². The standard InChI is InChI=1S/C29H35N3O3.BrH/c1-3-35-27(33)15-10-18-31-19-20-32(22(31)2)26-17-16-25(21-26)29(28(30)34,23-11-6-4-7-12-23)24-13-8-5-9-14-24;/h4-9,11-14,19-20,25-26H,3,10,15-18,21H2,1-2H3,(H-,30,34);1H/t25-,26+;/m1./s1. The van der Waals surface area contributed by atoms with Crippen molar-refractivity contribution >= 4 is 11.9 Å². The minimum Gasteiger partial charge on any atom is -1.00 e. The van der Waals surface area contributed by atoms with E-state index < -0.39 is 5.41 Å². The summed E-state index contributed by atoms with van der Waals surface area (Å²) < 4.78 is 9.56. The highest BCUT2D eigenvalue weighted by atomic mass is 79.9. The van der Waals surface area contributed by atoms with Crippen LogP contribution in [-0.2, 0) is 26.3 Å². The van der Waals surface area contributed by atoms with E-state index in [1.54, 1.807) is 0 Å². The van der Waals surface area contributed by atoms with Gasteiger partial charge in [0, 0.05) is 13.3 Å². The second kappa shape index (κ2) is 12.3. The van der Waals surface area contributed by atoms with Crippen LogP contribution in [0.2, 0.25) is 0 Å². The van der Waals surface area contributed by atoms with Gasteiger partial charge in [0.25, 0.3) is 5.82 Å². The number of imidazole rings is 1. The third-order valence-electron chi connectivity index (χ3n) is 7.54. The number of primary amides is 1. The SMILES string of the molecule is CCOC(=O)CCCn1cc[n+]([C@H]2CC[C@@H](C(C(N)=O)(c3ccccc3)c3ccccc3)C2)c1C.[Br-]. The Kier molecular flexibility index (Phi) is 9.49. The first kappa shape index (κ1) is 27.7. The zero-order valence-corrected chi connectivity index (χ0v) is 22.7. The number of hydrogen-bond donors (Lipinski definition) is 1. The molecule has 0 radical (unpaired) electrons. The fraction of sp³-hybridized carbons (Fsp3) is 0.414. The van der Waals surface area contributed by atoms with Gasteiger partial charge in [0.15, 0.2) is 0 Å². The molecule has 0 saturated heterocycles. The predicted octanol–water partition coefficient (Wildman–Crippen LogP) is 1.24. The van der Waals surface area contributed by atoms with Gasteiger partial charge in [0.1, 0.15) is 23.9 Å². The van der Waals surface area contributed by atoms with Crippen LogP contribution in [0.1, 0.15) is 62.0 Å². The fourth-order valence-electron chi connectivity index (χ4n) is 5.90. The van der Waals surface area contributed by atoms with Crippen LogP contribution in [0.5, 0.6) is 0 Å². The first-order chi connectivity index (χ1) is 17.0. The Morgan fingerprint density at radius 1 is 1.06 bits per heavy atom. The highest BCUT2D eigenvalue weighted by Gasteiger charge is 2.51. The van der Waals surface area contributed by atoms with E-state index in [4.69, 9.17) is 10.5 Å². The first-order valence-corrected chi connectivity index (χ1v) is 12.6. The van der Waals surface area contributed by atoms with E-state index >= 15 is 0 Å². The monoisotopic (exact) mass is 553 g/mol. The Morgan fingerprint density at radius 3 is 2.22 bits per heavy atom. The van der Waals surface area contributed by atoms with Gasteiger partial charge < -0.3 is 27.5 Å². The summed E-state index contributed by atoms with van der Waals surface area (Å²) in [5, 5.41) is 0. The molecule has 2 aromatic carbocycles. The number of carbonyl (C=O) groups excluding carboxylic acids is 2. The van der Waals surface area contributed by atoms with Crippen LogP contribution in [0.15, 0.2) is 73.1 Å². The lowest BCUT2D eigenvalue weighted by atomic mass is 9.64. The smallest absolute Gasteiger partial charge is 0.305 e. The molecule has 1 aliphatic carbocycles. The molecule has 1 heterocycles. The molecule has 0 aliphatic heterocycles. The molecule has 0 bridgehead atoms. The topological polar surface area (TPSA) is 78.2 Å². The highest BCUT2D eigenvalue weighted by molar-refractivity contribution is 5.91. The number of aromatic nitrogens is 2. The molecule has 1 amide bonds. The molecule has 2 N–H and O–H groups in total. The summed E-state index contributed by atoms with van der Waals surface area (Å²) in [4.78, 5) is 25.0. The summed E-state index contributed by atoms with van der Waals surface area (Å²) >= 11 is 0. The number of nitrogens with zero attached hydrogens (tertiary/aromatic N) is 2. The number of aryl methyl sites for hydroxylation is 1. The molecule has 1 saturated carbocycles. The maximum Gasteiger partial charge on any atom is 0.305 e. The Bertz CT molecular complexity index is 1110. The molecule has 0 spiro atoms. The maximum absolute atomic E-state index is 13.3. The van der Waals surface area contributed by atoms with Gasteiger partial charge in [-0.25, -0.2) is 9.13 Å². The molecule has 1 fully saturated rings. The van der Waals surface area contributed by atoms with Crippen LogP contribution in [0, 0.1) is 12.8 Å². The van der Waals surface area contributed by atoms with Crippen LogP contribution in [-0.4, -0.2) is 23.1 Å². The van der Waals surface area contributed by atoms with E-state index in [9.17, 15) is 9.59 Å². The maximum atomic E-state index is 13.3. The molecule has 4 rings (SSSR count). The number of halogens is 1. The number of carbonyl (C=O) groups is 2. The van der Waals surface area contributed by atoms with E-state index in [0.29, 0.717) is 13.0 Å². The van der Waals surface area contributed by atoms with Crippen molar-refractivity contribution in [3.05, 3.63) is 90.0 Å². The molecule has 1 aliphatic rings. The lowest BCUT2D eigenvalue weighted by Gasteiger charge is -2.37. The molecule has 2 atom stereocenters. The Balaban J connectivity index is 0.00000361. The summed E-state index contributed by atoms with van der Waals surface area (Å²) in [6, 6.07) is 20.3. The van der Waals surface area contributed by atoms with Crippen molar-refractivity contribution in [3.8, 4) is 0 Å². The normalized spacial score (nSPS) is 17.4. The summed E-state index contributed by atoms with van der Waals surface area (Å²) in [6.45, 7) is 5.14. The van der Waals surface area contributed by atoms with Gasteiger partial charge >= 0.3 is 5.97 Å². The minimum absolute atomic E-state index is 0. The molecule has 1 aromatic heterocycles. The third-order valence-corrected chi connectivity index (χ3v) is 7.54. The van der Waals surface area contributed by atoms with Crippen LogP contribution in [0.25, 0.3) is 0 Å². The predicted molar refractivity (Wildman–Crippen MR) is 134 cm³/mol. The molecule has 7 heteroatoms. The quantitative estimate of drug-likeness (QED) is 0.303. The zero-order valence-electron chi connectivity index (χ0n) is 21.1. The van der Waals surface area contributed by atoms with Crippen molar-refractivity contribution in [2.45, 2.75) is 64.0 Å². The molecule has 0 unspecified atom stereocenters. The second-order valence-electron chi connectivity index (χ2n) is 9.42. The van der Waals surface area contributed by atoms with Crippen LogP contribution < -0.4 is 27.3 Å². The van der Waals surface area contributed by atoms with Crippen molar-refractivity contribution in [1.29, 1.82) is 0 Å². The minimum atomic E-state index is -0.867. The van der Waals surface area contributed by atoms with Crippen molar-refractivity contribution in [2.75, 3.05) is 6.61 Å². The molecule has 6 nitrogen and oxygen atoms in total. The molecular weight excluding hydrogens is 518 g/mol. The highest BCUT2D eigenvalue weighted by Crippen LogP contribution is 2.48. The third kappa shape index (κ3) is 5.41. The zero-order chi connectivity index (χ0) is 24.8. The molecular formula is C29H36BrN3O3. The van der Waals surface area contributed by atoms with Crippen LogP contribution in [0.3, 0.4) is 0 Å². The lowest BCUT2D eigenvalue weighted by Crippen LogP contribution is -3.00. The fourth-order valence-corrected chi connectivity index (χ4v) is 5.90. The molecule has 3 aromatic rings. The van der Waals surface area contributed by atoms with Gasteiger partial charge in [-0.05, 0) is 49.7 Å². The average molecular weight is 555 g/mol. The number of esters is 1. The lowest BCUT2D eigenvalue weighted by molar-refractivity contribution is -0.727. The second-order valence-corrected chi connectivity index (χ2v) is 9.42. The van der Waals surface area contributed by atoms with Crippen molar-refractivity contribution in [1.82, 2.24) is 4.57 Å². The Hall–Kier alpha value is -2.93. The van der Waals surface area contributed by atoms with E-state index in [2.05, 4.69) is 28.5 Å². The summed E-state index contributed by atoms with van der Waals surface area (Å²) in [5.41, 5.74) is 7.30. The van der Waals surface area contributed by atoms with E-state index in [1.165, 1.54) is 0 Å². The van der Waals surface area contributed by atoms with Crippen molar-refractivity contribution in [3.63, 3.8) is 0 Å². The van der Waals surface area contributed by atoms with Crippen LogP contribution in [0.4, 0.5) is 0 Å². The molecule has 192 valence electrons. The number of rotatable bonds is 10. The largest absolute Gasteiger partial charge is 1.00 e. The van der Waals surface area contributed by atoms with Gasteiger partial charge in [-0.1, -0.05) is 60.7 Å². The van der Waals surface area contributed by atoms with Gasteiger partial charge in [0.05, 0.1) is 13.2 Å². The van der Waals surface area contributed by atoms with Gasteiger partial charge in [0.2, 0.25) is 5.91 Å². The summed E-state index contributed by atoms with van der Waals surface area (Å²) in [7, 11) is 0. The first-order valence-electron chi connectivity index (χ1n) is 12.6. The van der Waals surface area contributed by atoms with E-state index in [-0.39, 0.29) is 40.8 Å². The van der Waals surface area contributed by atoms with Gasteiger partial charge in [-0.15, -0.1) is 0 Å². The number of benzene rings is 2. The Morgan fingerprint density at radius 2 is 1.67 bits per heavy atom. The van der Waals surface area contributed by atoms with E-state index in [1.807, 2.05) is 67.6 Å². The van der Waals surface area contributed by atoms with Gasteiger partial charge in [-0.2, -0.15) is 0 Å². The van der Waals surface area contributed by atoms with E-state index in [0.717, 1.165) is 49.2 Å². The molecule has 36 heavy (non-hydrogen) atoms. The van der Waals surface area contributed by atoms with Crippen LogP contribution >= 0.6 is 0 Å². The summed E-state index contributed by atoms with van der Waals surface area (Å²) in [6.07, 6.45) is 8.15. The van der Waals surface area contributed by atoms with Crippen molar-refractivity contribution in [2.24, 2.45) is 11.7 Å². The average Bonchev–Trinajstić information content (AvgIpc) is 3.48. The Labute approximate surface area is 224 Å². The van der Waals surface area contributed by atoms with Crippen molar-refractivity contribution < 1.29 is 35.9 Å². The number of hydrogen-bond acceptors (Lipinski definition) is 3. The number of ether oxygens (including phenoxy) is 1. The summed E-state index contributed by atoms with van der Waals surface area (Å²) in [5.74, 6) is 0.810. The number of nitrogens with two attached hydrogens (primary N) is 1. The number of amides is 1.